The molecule has 8 nitrogen and oxygen atoms in total. The van der Waals surface area contributed by atoms with E-state index in [1.54, 1.807) is 41.5 Å². The Balaban J connectivity index is 1.88. The Morgan fingerprint density at radius 2 is 1.86 bits per heavy atom. The Morgan fingerprint density at radius 1 is 1.10 bits per heavy atom. The van der Waals surface area contributed by atoms with Crippen LogP contribution in [0.3, 0.4) is 0 Å². The second-order valence-electron chi connectivity index (χ2n) is 7.12. The summed E-state index contributed by atoms with van der Waals surface area (Å²) in [4.78, 5) is 25.1. The van der Waals surface area contributed by atoms with E-state index in [1.807, 2.05) is 32.0 Å². The van der Waals surface area contributed by atoms with Gasteiger partial charge in [0.05, 0.1) is 11.4 Å². The van der Waals surface area contributed by atoms with Crippen molar-refractivity contribution in [3.05, 3.63) is 72.3 Å². The summed E-state index contributed by atoms with van der Waals surface area (Å²) >= 11 is 0. The van der Waals surface area contributed by atoms with Crippen LogP contribution in [0.4, 0.5) is 0 Å². The zero-order valence-corrected chi connectivity index (χ0v) is 16.1. The van der Waals surface area contributed by atoms with Gasteiger partial charge >= 0.3 is 5.97 Å². The SMILES string of the molecule is CC(C)c1nc(-c2cccnc2)cn2c(C(Cc3cccnc3)C(=O)O)nnc12. The van der Waals surface area contributed by atoms with Gasteiger partial charge in [-0.1, -0.05) is 19.9 Å². The Bertz CT molecular complexity index is 1140. The molecule has 0 fully saturated rings. The molecule has 4 aromatic rings. The number of pyridine rings is 2. The van der Waals surface area contributed by atoms with E-state index >= 15 is 0 Å². The van der Waals surface area contributed by atoms with E-state index in [2.05, 4.69) is 20.2 Å². The van der Waals surface area contributed by atoms with E-state index in [0.29, 0.717) is 17.2 Å². The summed E-state index contributed by atoms with van der Waals surface area (Å²) in [5.41, 5.74) is 3.69. The predicted octanol–water partition coefficient (Wildman–Crippen LogP) is 3.12. The van der Waals surface area contributed by atoms with E-state index < -0.39 is 11.9 Å². The Kier molecular flexibility index (Phi) is 4.99. The van der Waals surface area contributed by atoms with Crippen molar-refractivity contribution < 1.29 is 9.90 Å². The van der Waals surface area contributed by atoms with E-state index in [4.69, 9.17) is 4.98 Å². The maximum absolute atomic E-state index is 12.1. The van der Waals surface area contributed by atoms with Crippen molar-refractivity contribution in [2.75, 3.05) is 0 Å². The molecular formula is C21H20N6O2. The third kappa shape index (κ3) is 3.69. The maximum atomic E-state index is 12.1. The van der Waals surface area contributed by atoms with Gasteiger partial charge < -0.3 is 5.11 Å². The summed E-state index contributed by atoms with van der Waals surface area (Å²) in [5, 5.41) is 18.4. The van der Waals surface area contributed by atoms with Crippen LogP contribution in [-0.4, -0.2) is 40.6 Å². The van der Waals surface area contributed by atoms with Gasteiger partial charge in [0.25, 0.3) is 0 Å². The molecule has 0 radical (unpaired) electrons. The first kappa shape index (κ1) is 18.7. The van der Waals surface area contributed by atoms with Crippen molar-refractivity contribution in [2.24, 2.45) is 0 Å². The molecule has 0 aliphatic rings. The highest BCUT2D eigenvalue weighted by molar-refractivity contribution is 5.76. The van der Waals surface area contributed by atoms with Crippen LogP contribution in [0.2, 0.25) is 0 Å². The van der Waals surface area contributed by atoms with Crippen LogP contribution in [-0.2, 0) is 11.2 Å². The average Bonchev–Trinajstić information content (AvgIpc) is 3.16. The Morgan fingerprint density at radius 3 is 2.48 bits per heavy atom. The van der Waals surface area contributed by atoms with Crippen LogP contribution in [0.15, 0.2) is 55.2 Å². The minimum atomic E-state index is -0.964. The molecule has 4 heterocycles. The molecule has 0 aromatic carbocycles. The molecule has 1 N–H and O–H groups in total. The minimum Gasteiger partial charge on any atom is -0.481 e. The topological polar surface area (TPSA) is 106 Å². The van der Waals surface area contributed by atoms with Crippen LogP contribution in [0.5, 0.6) is 0 Å². The normalized spacial score (nSPS) is 12.4. The fourth-order valence-corrected chi connectivity index (χ4v) is 3.26. The molecule has 146 valence electrons. The molecule has 4 aromatic heterocycles. The van der Waals surface area contributed by atoms with Crippen molar-refractivity contribution >= 4 is 11.6 Å². The Hall–Kier alpha value is -3.68. The highest BCUT2D eigenvalue weighted by Gasteiger charge is 2.27. The van der Waals surface area contributed by atoms with Gasteiger partial charge in [0.2, 0.25) is 0 Å². The molecule has 0 spiro atoms. The molecule has 0 saturated heterocycles. The highest BCUT2D eigenvalue weighted by Crippen LogP contribution is 2.27. The highest BCUT2D eigenvalue weighted by atomic mass is 16.4. The van der Waals surface area contributed by atoms with E-state index in [0.717, 1.165) is 16.8 Å². The number of carboxylic acids is 1. The van der Waals surface area contributed by atoms with Gasteiger partial charge in [-0.2, -0.15) is 0 Å². The van der Waals surface area contributed by atoms with E-state index in [9.17, 15) is 9.90 Å². The summed E-state index contributed by atoms with van der Waals surface area (Å²) < 4.78 is 1.75. The van der Waals surface area contributed by atoms with Gasteiger partial charge in [-0.15, -0.1) is 10.2 Å². The summed E-state index contributed by atoms with van der Waals surface area (Å²) in [5.74, 6) is -1.37. The van der Waals surface area contributed by atoms with Crippen molar-refractivity contribution in [2.45, 2.75) is 32.1 Å². The zero-order chi connectivity index (χ0) is 20.4. The number of rotatable bonds is 6. The lowest BCUT2D eigenvalue weighted by Gasteiger charge is -2.13. The van der Waals surface area contributed by atoms with Gasteiger partial charge in [0.15, 0.2) is 11.5 Å². The van der Waals surface area contributed by atoms with Crippen molar-refractivity contribution in [3.63, 3.8) is 0 Å². The van der Waals surface area contributed by atoms with Gasteiger partial charge in [-0.3, -0.25) is 19.2 Å². The summed E-state index contributed by atoms with van der Waals surface area (Å²) in [7, 11) is 0. The van der Waals surface area contributed by atoms with Crippen LogP contribution >= 0.6 is 0 Å². The lowest BCUT2D eigenvalue weighted by Crippen LogP contribution is -2.18. The lowest BCUT2D eigenvalue weighted by molar-refractivity contribution is -0.139. The van der Waals surface area contributed by atoms with Gasteiger partial charge in [-0.25, -0.2) is 4.98 Å². The number of hydrogen-bond donors (Lipinski definition) is 1. The van der Waals surface area contributed by atoms with Crippen LogP contribution < -0.4 is 0 Å². The fourth-order valence-electron chi connectivity index (χ4n) is 3.26. The third-order valence-corrected chi connectivity index (χ3v) is 4.72. The number of nitrogens with zero attached hydrogens (tertiary/aromatic N) is 6. The molecule has 0 aliphatic carbocycles. The van der Waals surface area contributed by atoms with Gasteiger partial charge in [0, 0.05) is 36.5 Å². The van der Waals surface area contributed by atoms with E-state index in [1.165, 1.54) is 0 Å². The van der Waals surface area contributed by atoms with E-state index in [-0.39, 0.29) is 12.3 Å². The first-order valence-electron chi connectivity index (χ1n) is 9.32. The summed E-state index contributed by atoms with van der Waals surface area (Å²) in [6, 6.07) is 7.40. The molecule has 1 unspecified atom stereocenters. The maximum Gasteiger partial charge on any atom is 0.314 e. The van der Waals surface area contributed by atoms with Crippen LogP contribution in [0.25, 0.3) is 16.9 Å². The number of hydrogen-bond acceptors (Lipinski definition) is 6. The molecule has 4 rings (SSSR count). The molecule has 8 heteroatoms. The number of aromatic nitrogens is 6. The van der Waals surface area contributed by atoms with Crippen LogP contribution in [0.1, 0.15) is 42.8 Å². The molecule has 0 bridgehead atoms. The standard InChI is InChI=1S/C21H20N6O2/c1-13(2)18-20-26-25-19(16(21(28)29)9-14-5-3-7-22-10-14)27(20)12-17(24-18)15-6-4-8-23-11-15/h3-8,10-13,16H,9H2,1-2H3,(H,28,29). The Labute approximate surface area is 167 Å². The monoisotopic (exact) mass is 388 g/mol. The first-order chi connectivity index (χ1) is 14.0. The van der Waals surface area contributed by atoms with Crippen molar-refractivity contribution in [1.82, 2.24) is 29.5 Å². The second-order valence-corrected chi connectivity index (χ2v) is 7.12. The van der Waals surface area contributed by atoms with Gasteiger partial charge in [0.1, 0.15) is 5.92 Å². The van der Waals surface area contributed by atoms with Crippen molar-refractivity contribution in [3.8, 4) is 11.3 Å². The zero-order valence-electron chi connectivity index (χ0n) is 16.1. The predicted molar refractivity (Wildman–Crippen MR) is 106 cm³/mol. The molecule has 0 amide bonds. The molecule has 0 saturated carbocycles. The number of carbonyl (C=O) groups is 1. The molecule has 29 heavy (non-hydrogen) atoms. The summed E-state index contributed by atoms with van der Waals surface area (Å²) in [6.07, 6.45) is 8.81. The third-order valence-electron chi connectivity index (χ3n) is 4.72. The second kappa shape index (κ2) is 7.75. The molecule has 1 atom stereocenters. The number of carboxylic acid groups (broad SMARTS) is 1. The summed E-state index contributed by atoms with van der Waals surface area (Å²) in [6.45, 7) is 4.04. The van der Waals surface area contributed by atoms with Gasteiger partial charge in [-0.05, 0) is 36.1 Å². The largest absolute Gasteiger partial charge is 0.481 e. The number of fused-ring (bicyclic) bond motifs is 1. The quantitative estimate of drug-likeness (QED) is 0.541. The first-order valence-corrected chi connectivity index (χ1v) is 9.32. The fraction of sp³-hybridized carbons (Fsp3) is 0.238. The van der Waals surface area contributed by atoms with Crippen molar-refractivity contribution in [1.29, 1.82) is 0 Å². The number of aliphatic carboxylic acids is 1. The molecular weight excluding hydrogens is 368 g/mol. The average molecular weight is 388 g/mol. The minimum absolute atomic E-state index is 0.0905. The smallest absolute Gasteiger partial charge is 0.314 e. The van der Waals surface area contributed by atoms with Crippen LogP contribution in [0, 0.1) is 0 Å². The molecule has 0 aliphatic heterocycles. The lowest BCUT2D eigenvalue weighted by atomic mass is 10.00.